The fourth-order valence-corrected chi connectivity index (χ4v) is 6.41. The van der Waals surface area contributed by atoms with Crippen LogP contribution in [0.5, 0.6) is 0 Å². The van der Waals surface area contributed by atoms with Crippen molar-refractivity contribution in [3.05, 3.63) is 23.3 Å². The Morgan fingerprint density at radius 3 is 2.82 bits per heavy atom. The molecule has 2 nitrogen and oxygen atoms in total. The maximum absolute atomic E-state index is 11.8. The van der Waals surface area contributed by atoms with E-state index in [0.29, 0.717) is 35.4 Å². The quantitative estimate of drug-likeness (QED) is 0.689. The molecule has 1 N–H and O–H groups in total. The number of fused-ring (bicyclic) bond motifs is 5. The molecule has 4 aliphatic rings. The highest BCUT2D eigenvalue weighted by Gasteiger charge is 2.56. The lowest BCUT2D eigenvalue weighted by Crippen LogP contribution is -2.50. The third kappa shape index (κ3) is 1.86. The summed E-state index contributed by atoms with van der Waals surface area (Å²) in [5, 5.41) is 10.5. The summed E-state index contributed by atoms with van der Waals surface area (Å²) < 4.78 is 0. The Kier molecular flexibility index (Phi) is 3.21. The van der Waals surface area contributed by atoms with Gasteiger partial charge in [0.25, 0.3) is 0 Å². The van der Waals surface area contributed by atoms with Gasteiger partial charge in [-0.3, -0.25) is 4.79 Å². The maximum atomic E-state index is 11.8. The normalized spacial score (nSPS) is 50.6. The second-order valence-corrected chi connectivity index (χ2v) is 8.63. The molecule has 0 aromatic carbocycles. The standard InChI is InChI=1S/C20H28O2/c1-11-8-13-9-14(21)4-5-15(13)18-12(2)10-20(3)16(19(11)18)6-7-17(20)22/h6,9,11-12,15,17-19,22H,4-5,7-8,10H2,1-3H3/t11?,12?,15-,17?,18+,19-,20-/m0/s1. The average Bonchev–Trinajstić information content (AvgIpc) is 2.74. The smallest absolute Gasteiger partial charge is 0.155 e. The molecule has 0 spiro atoms. The van der Waals surface area contributed by atoms with Crippen molar-refractivity contribution in [3.63, 3.8) is 0 Å². The topological polar surface area (TPSA) is 37.3 Å². The number of carbonyl (C=O) groups is 1. The zero-order valence-corrected chi connectivity index (χ0v) is 14.0. The molecule has 2 fully saturated rings. The molecule has 0 saturated heterocycles. The van der Waals surface area contributed by atoms with E-state index in [-0.39, 0.29) is 11.5 Å². The fourth-order valence-electron chi connectivity index (χ4n) is 6.41. The van der Waals surface area contributed by atoms with E-state index in [9.17, 15) is 9.90 Å². The highest BCUT2D eigenvalue weighted by Crippen LogP contribution is 2.62. The Morgan fingerprint density at radius 1 is 1.27 bits per heavy atom. The van der Waals surface area contributed by atoms with Crippen molar-refractivity contribution in [2.24, 2.45) is 35.0 Å². The van der Waals surface area contributed by atoms with Crippen molar-refractivity contribution in [1.29, 1.82) is 0 Å². The van der Waals surface area contributed by atoms with E-state index in [1.165, 1.54) is 5.57 Å². The van der Waals surface area contributed by atoms with Crippen molar-refractivity contribution >= 4 is 5.78 Å². The minimum Gasteiger partial charge on any atom is -0.392 e. The maximum Gasteiger partial charge on any atom is 0.155 e. The van der Waals surface area contributed by atoms with Gasteiger partial charge in [-0.2, -0.15) is 0 Å². The van der Waals surface area contributed by atoms with Crippen LogP contribution < -0.4 is 0 Å². The molecule has 0 aliphatic heterocycles. The van der Waals surface area contributed by atoms with E-state index in [1.807, 2.05) is 6.08 Å². The number of hydrogen-bond donors (Lipinski definition) is 1. The first kappa shape index (κ1) is 14.7. The van der Waals surface area contributed by atoms with E-state index in [1.54, 1.807) is 5.57 Å². The molecular formula is C20H28O2. The van der Waals surface area contributed by atoms with Gasteiger partial charge in [0.05, 0.1) is 6.10 Å². The van der Waals surface area contributed by atoms with Crippen molar-refractivity contribution < 1.29 is 9.90 Å². The molecule has 0 aromatic heterocycles. The highest BCUT2D eigenvalue weighted by molar-refractivity contribution is 5.91. The largest absolute Gasteiger partial charge is 0.392 e. The zero-order chi connectivity index (χ0) is 15.6. The third-order valence-electron chi connectivity index (χ3n) is 7.29. The summed E-state index contributed by atoms with van der Waals surface area (Å²) in [5.41, 5.74) is 2.98. The number of ketones is 1. The summed E-state index contributed by atoms with van der Waals surface area (Å²) in [6, 6.07) is 0. The molecule has 0 heterocycles. The molecule has 0 aromatic rings. The number of carbonyl (C=O) groups excluding carboxylic acids is 1. The molecule has 0 amide bonds. The van der Waals surface area contributed by atoms with Crippen molar-refractivity contribution in [2.75, 3.05) is 0 Å². The Morgan fingerprint density at radius 2 is 2.05 bits per heavy atom. The SMILES string of the molecule is CC1C[C@@]2(C)C(=CCC2O)[C@@H]2C(C)CC3=CC(=O)CC[C@@H]3[C@@H]12. The number of aliphatic hydroxyl groups excluding tert-OH is 1. The second kappa shape index (κ2) is 4.80. The minimum absolute atomic E-state index is 0.000543. The highest BCUT2D eigenvalue weighted by atomic mass is 16.3. The number of hydrogen-bond acceptors (Lipinski definition) is 2. The summed E-state index contributed by atoms with van der Waals surface area (Å²) in [4.78, 5) is 11.8. The number of aliphatic hydroxyl groups is 1. The van der Waals surface area contributed by atoms with E-state index in [4.69, 9.17) is 0 Å². The van der Waals surface area contributed by atoms with Crippen LogP contribution in [0.3, 0.4) is 0 Å². The van der Waals surface area contributed by atoms with Crippen LogP contribution in [0, 0.1) is 35.0 Å². The minimum atomic E-state index is -0.192. The first-order valence-corrected chi connectivity index (χ1v) is 9.03. The lowest BCUT2D eigenvalue weighted by molar-refractivity contribution is -0.116. The fraction of sp³-hybridized carbons (Fsp3) is 0.750. The monoisotopic (exact) mass is 300 g/mol. The summed E-state index contributed by atoms with van der Waals surface area (Å²) >= 11 is 0. The lowest BCUT2D eigenvalue weighted by Gasteiger charge is -2.56. The lowest BCUT2D eigenvalue weighted by atomic mass is 9.49. The molecule has 2 heteroatoms. The van der Waals surface area contributed by atoms with Gasteiger partial charge in [-0.1, -0.05) is 38.0 Å². The second-order valence-electron chi connectivity index (χ2n) is 8.63. The molecular weight excluding hydrogens is 272 g/mol. The van der Waals surface area contributed by atoms with Crippen LogP contribution in [0.2, 0.25) is 0 Å². The van der Waals surface area contributed by atoms with E-state index < -0.39 is 0 Å². The molecule has 2 saturated carbocycles. The molecule has 4 rings (SSSR count). The van der Waals surface area contributed by atoms with Crippen LogP contribution in [0.15, 0.2) is 23.3 Å². The predicted molar refractivity (Wildman–Crippen MR) is 87.2 cm³/mol. The average molecular weight is 300 g/mol. The van der Waals surface area contributed by atoms with E-state index in [0.717, 1.165) is 32.1 Å². The first-order valence-electron chi connectivity index (χ1n) is 9.03. The molecule has 22 heavy (non-hydrogen) atoms. The molecule has 0 bridgehead atoms. The van der Waals surface area contributed by atoms with Gasteiger partial charge in [0.2, 0.25) is 0 Å². The van der Waals surface area contributed by atoms with Crippen LogP contribution in [0.25, 0.3) is 0 Å². The number of allylic oxidation sites excluding steroid dienone is 2. The molecule has 3 unspecified atom stereocenters. The first-order chi connectivity index (χ1) is 10.4. The van der Waals surface area contributed by atoms with Crippen molar-refractivity contribution in [3.8, 4) is 0 Å². The number of rotatable bonds is 0. The van der Waals surface area contributed by atoms with Gasteiger partial charge in [-0.15, -0.1) is 0 Å². The van der Waals surface area contributed by atoms with Crippen LogP contribution >= 0.6 is 0 Å². The molecule has 0 radical (unpaired) electrons. The van der Waals surface area contributed by atoms with Crippen LogP contribution in [-0.2, 0) is 4.79 Å². The van der Waals surface area contributed by atoms with Crippen molar-refractivity contribution in [2.45, 2.75) is 59.0 Å². The van der Waals surface area contributed by atoms with E-state index in [2.05, 4.69) is 26.8 Å². The molecule has 120 valence electrons. The summed E-state index contributed by atoms with van der Waals surface area (Å²) in [5.74, 6) is 3.45. The van der Waals surface area contributed by atoms with Gasteiger partial charge < -0.3 is 5.11 Å². The summed E-state index contributed by atoms with van der Waals surface area (Å²) in [7, 11) is 0. The Hall–Kier alpha value is -0.890. The van der Waals surface area contributed by atoms with Gasteiger partial charge in [0, 0.05) is 11.8 Å². The van der Waals surface area contributed by atoms with Crippen LogP contribution in [0.4, 0.5) is 0 Å². The van der Waals surface area contributed by atoms with E-state index >= 15 is 0 Å². The van der Waals surface area contributed by atoms with Crippen LogP contribution in [-0.4, -0.2) is 17.0 Å². The predicted octanol–water partition coefficient (Wildman–Crippen LogP) is 3.90. The van der Waals surface area contributed by atoms with Gasteiger partial charge in [0.15, 0.2) is 5.78 Å². The van der Waals surface area contributed by atoms with Gasteiger partial charge in [-0.05, 0) is 61.3 Å². The van der Waals surface area contributed by atoms with Crippen LogP contribution in [0.1, 0.15) is 52.9 Å². The molecule has 7 atom stereocenters. The van der Waals surface area contributed by atoms with Gasteiger partial charge >= 0.3 is 0 Å². The third-order valence-corrected chi connectivity index (χ3v) is 7.29. The summed E-state index contributed by atoms with van der Waals surface area (Å²) in [6.07, 6.45) is 8.93. The Balaban J connectivity index is 1.76. The summed E-state index contributed by atoms with van der Waals surface area (Å²) in [6.45, 7) is 7.03. The zero-order valence-electron chi connectivity index (χ0n) is 14.0. The van der Waals surface area contributed by atoms with Crippen molar-refractivity contribution in [1.82, 2.24) is 0 Å². The van der Waals surface area contributed by atoms with Gasteiger partial charge in [0.1, 0.15) is 0 Å². The Bertz CT molecular complexity index is 572. The molecule has 4 aliphatic carbocycles. The van der Waals surface area contributed by atoms with Gasteiger partial charge in [-0.25, -0.2) is 0 Å². The Labute approximate surface area is 133 Å².